The summed E-state index contributed by atoms with van der Waals surface area (Å²) in [4.78, 5) is 26.3. The van der Waals surface area contributed by atoms with E-state index in [-0.39, 0.29) is 11.9 Å². The summed E-state index contributed by atoms with van der Waals surface area (Å²) >= 11 is 0. The Kier molecular flexibility index (Phi) is 5.89. The maximum Gasteiger partial charge on any atom is 0.324 e. The van der Waals surface area contributed by atoms with Gasteiger partial charge >= 0.3 is 6.03 Å². The fourth-order valence-corrected chi connectivity index (χ4v) is 3.28. The van der Waals surface area contributed by atoms with Crippen molar-refractivity contribution in [3.8, 4) is 5.75 Å². The average Bonchev–Trinajstić information content (AvgIpc) is 2.69. The van der Waals surface area contributed by atoms with Gasteiger partial charge in [-0.15, -0.1) is 0 Å². The first-order valence-corrected chi connectivity index (χ1v) is 8.94. The molecule has 1 saturated heterocycles. The molecule has 1 fully saturated rings. The van der Waals surface area contributed by atoms with Gasteiger partial charge in [-0.3, -0.25) is 10.1 Å². The molecular weight excluding hydrogens is 328 g/mol. The van der Waals surface area contributed by atoms with Gasteiger partial charge in [0, 0.05) is 18.7 Å². The van der Waals surface area contributed by atoms with Crippen LogP contribution in [-0.4, -0.2) is 37.0 Å². The zero-order chi connectivity index (χ0) is 18.4. The third-order valence-electron chi connectivity index (χ3n) is 4.84. The Morgan fingerprint density at radius 3 is 2.31 bits per heavy atom. The summed E-state index contributed by atoms with van der Waals surface area (Å²) in [6, 6.07) is 16.8. The van der Waals surface area contributed by atoms with E-state index in [2.05, 4.69) is 29.6 Å². The van der Waals surface area contributed by atoms with Gasteiger partial charge in [-0.2, -0.15) is 0 Å². The number of benzene rings is 2. The third-order valence-corrected chi connectivity index (χ3v) is 4.84. The topological polar surface area (TPSA) is 58.6 Å². The number of nitrogens with zero attached hydrogens (tertiary/aromatic N) is 1. The van der Waals surface area contributed by atoms with Crippen molar-refractivity contribution in [3.05, 3.63) is 65.7 Å². The van der Waals surface area contributed by atoms with E-state index in [0.29, 0.717) is 30.3 Å². The minimum Gasteiger partial charge on any atom is -0.497 e. The highest BCUT2D eigenvalue weighted by Crippen LogP contribution is 2.21. The number of ether oxygens (including phenoxy) is 1. The number of carbonyl (C=O) groups is 2. The zero-order valence-corrected chi connectivity index (χ0v) is 15.0. The Morgan fingerprint density at radius 1 is 1.04 bits per heavy atom. The highest BCUT2D eigenvalue weighted by Gasteiger charge is 2.24. The monoisotopic (exact) mass is 352 g/mol. The van der Waals surface area contributed by atoms with Gasteiger partial charge in [0.1, 0.15) is 5.75 Å². The molecule has 0 saturated carbocycles. The van der Waals surface area contributed by atoms with Crippen molar-refractivity contribution in [2.24, 2.45) is 5.92 Å². The lowest BCUT2D eigenvalue weighted by Crippen LogP contribution is -2.46. The second-order valence-corrected chi connectivity index (χ2v) is 6.61. The van der Waals surface area contributed by atoms with Gasteiger partial charge in [-0.05, 0) is 55.0 Å². The molecule has 0 aliphatic carbocycles. The minimum atomic E-state index is -0.385. The Hall–Kier alpha value is -2.82. The summed E-state index contributed by atoms with van der Waals surface area (Å²) in [6.07, 6.45) is 2.96. The lowest BCUT2D eigenvalue weighted by molar-refractivity contribution is 0.0945. The molecule has 2 aromatic rings. The van der Waals surface area contributed by atoms with Gasteiger partial charge in [-0.1, -0.05) is 30.3 Å². The molecule has 0 radical (unpaired) electrons. The van der Waals surface area contributed by atoms with Crippen LogP contribution in [0.4, 0.5) is 4.79 Å². The second-order valence-electron chi connectivity index (χ2n) is 6.61. The molecule has 136 valence electrons. The number of rotatable bonds is 4. The van der Waals surface area contributed by atoms with Gasteiger partial charge < -0.3 is 9.64 Å². The molecule has 0 unspecified atom stereocenters. The number of nitrogens with one attached hydrogen (secondary N) is 1. The van der Waals surface area contributed by atoms with Crippen molar-refractivity contribution >= 4 is 11.9 Å². The maximum atomic E-state index is 12.3. The quantitative estimate of drug-likeness (QED) is 0.916. The first-order chi connectivity index (χ1) is 12.7. The molecule has 3 rings (SSSR count). The number of hydrogen-bond acceptors (Lipinski definition) is 3. The number of imide groups is 1. The molecule has 3 amide bonds. The van der Waals surface area contributed by atoms with Crippen LogP contribution >= 0.6 is 0 Å². The van der Waals surface area contributed by atoms with Crippen LogP contribution in [0.3, 0.4) is 0 Å². The van der Waals surface area contributed by atoms with Crippen LogP contribution in [-0.2, 0) is 6.42 Å². The molecule has 26 heavy (non-hydrogen) atoms. The highest BCUT2D eigenvalue weighted by molar-refractivity contribution is 6.04. The van der Waals surface area contributed by atoms with Crippen LogP contribution in [0, 0.1) is 5.92 Å². The number of urea groups is 1. The van der Waals surface area contributed by atoms with Crippen molar-refractivity contribution in [3.63, 3.8) is 0 Å². The second kappa shape index (κ2) is 8.52. The van der Waals surface area contributed by atoms with E-state index in [9.17, 15) is 9.59 Å². The zero-order valence-electron chi connectivity index (χ0n) is 15.0. The first kappa shape index (κ1) is 18.0. The van der Waals surface area contributed by atoms with E-state index < -0.39 is 0 Å². The van der Waals surface area contributed by atoms with Crippen molar-refractivity contribution < 1.29 is 14.3 Å². The van der Waals surface area contributed by atoms with Crippen molar-refractivity contribution in [2.75, 3.05) is 20.2 Å². The van der Waals surface area contributed by atoms with Gasteiger partial charge in [-0.25, -0.2) is 4.79 Å². The lowest BCUT2D eigenvalue weighted by Gasteiger charge is -2.31. The van der Waals surface area contributed by atoms with Crippen LogP contribution in [0.15, 0.2) is 54.6 Å². The molecule has 5 heteroatoms. The number of piperidine rings is 1. The molecule has 1 aliphatic rings. The van der Waals surface area contributed by atoms with E-state index >= 15 is 0 Å². The molecule has 0 spiro atoms. The van der Waals surface area contributed by atoms with Crippen molar-refractivity contribution in [2.45, 2.75) is 19.3 Å². The molecule has 1 aliphatic heterocycles. The molecule has 0 bridgehead atoms. The number of carbonyl (C=O) groups excluding carboxylic acids is 2. The summed E-state index contributed by atoms with van der Waals surface area (Å²) in [5.41, 5.74) is 1.78. The van der Waals surface area contributed by atoms with Crippen LogP contribution in [0.1, 0.15) is 28.8 Å². The lowest BCUT2D eigenvalue weighted by atomic mass is 9.90. The summed E-state index contributed by atoms with van der Waals surface area (Å²) in [5.74, 6) is 0.871. The molecule has 1 heterocycles. The Balaban J connectivity index is 1.47. The Morgan fingerprint density at radius 2 is 1.69 bits per heavy atom. The summed E-state index contributed by atoms with van der Waals surface area (Å²) in [5, 5.41) is 2.48. The normalized spacial score (nSPS) is 14.7. The predicted molar refractivity (Wildman–Crippen MR) is 100 cm³/mol. The van der Waals surface area contributed by atoms with Crippen molar-refractivity contribution in [1.29, 1.82) is 0 Å². The van der Waals surface area contributed by atoms with Gasteiger partial charge in [0.05, 0.1) is 7.11 Å². The van der Waals surface area contributed by atoms with Crippen LogP contribution in [0.2, 0.25) is 0 Å². The van der Waals surface area contributed by atoms with E-state index in [1.807, 2.05) is 6.07 Å². The van der Waals surface area contributed by atoms with E-state index in [4.69, 9.17) is 4.74 Å². The van der Waals surface area contributed by atoms with E-state index in [1.165, 1.54) is 5.56 Å². The predicted octanol–water partition coefficient (Wildman–Crippen LogP) is 3.50. The van der Waals surface area contributed by atoms with Crippen LogP contribution < -0.4 is 10.1 Å². The van der Waals surface area contributed by atoms with Crippen LogP contribution in [0.5, 0.6) is 5.75 Å². The molecule has 0 atom stereocenters. The first-order valence-electron chi connectivity index (χ1n) is 8.94. The van der Waals surface area contributed by atoms with Gasteiger partial charge in [0.15, 0.2) is 0 Å². The summed E-state index contributed by atoms with van der Waals surface area (Å²) < 4.78 is 5.07. The number of likely N-dealkylation sites (tertiary alicyclic amines) is 1. The maximum absolute atomic E-state index is 12.3. The Labute approximate surface area is 154 Å². The molecular formula is C21H24N2O3. The smallest absolute Gasteiger partial charge is 0.324 e. The number of amides is 3. The Bertz CT molecular complexity index is 736. The van der Waals surface area contributed by atoms with E-state index in [1.54, 1.807) is 36.3 Å². The van der Waals surface area contributed by atoms with Gasteiger partial charge in [0.25, 0.3) is 5.91 Å². The number of hydrogen-bond donors (Lipinski definition) is 1. The fraction of sp³-hybridized carbons (Fsp3) is 0.333. The van der Waals surface area contributed by atoms with Crippen molar-refractivity contribution in [1.82, 2.24) is 10.2 Å². The minimum absolute atomic E-state index is 0.316. The summed E-state index contributed by atoms with van der Waals surface area (Å²) in [6.45, 7) is 1.36. The molecule has 2 aromatic carbocycles. The molecule has 1 N–H and O–H groups in total. The largest absolute Gasteiger partial charge is 0.497 e. The molecule has 5 nitrogen and oxygen atoms in total. The standard InChI is InChI=1S/C21H24N2O3/c1-26-19-9-7-18(8-10-19)20(24)22-21(25)23-13-11-17(12-14-23)15-16-5-3-2-4-6-16/h2-10,17H,11-15H2,1H3,(H,22,24,25). The summed E-state index contributed by atoms with van der Waals surface area (Å²) in [7, 11) is 1.57. The fourth-order valence-electron chi connectivity index (χ4n) is 3.28. The average molecular weight is 352 g/mol. The molecule has 0 aromatic heterocycles. The third kappa shape index (κ3) is 4.63. The number of methoxy groups -OCH3 is 1. The van der Waals surface area contributed by atoms with Crippen LogP contribution in [0.25, 0.3) is 0 Å². The SMILES string of the molecule is COc1ccc(C(=O)NC(=O)N2CCC(Cc3ccccc3)CC2)cc1. The highest BCUT2D eigenvalue weighted by atomic mass is 16.5. The van der Waals surface area contributed by atoms with E-state index in [0.717, 1.165) is 19.3 Å². The van der Waals surface area contributed by atoms with Gasteiger partial charge in [0.2, 0.25) is 0 Å².